The van der Waals surface area contributed by atoms with Crippen LogP contribution in [0, 0.1) is 0 Å². The number of carboxylic acids is 2. The Morgan fingerprint density at radius 3 is 2.28 bits per heavy atom. The molecule has 0 aliphatic rings. The number of carbonyl (C=O) groups is 3. The lowest BCUT2D eigenvalue weighted by Crippen LogP contribution is -2.39. The van der Waals surface area contributed by atoms with Gasteiger partial charge in [-0.25, -0.2) is 0 Å². The molecule has 0 heterocycles. The van der Waals surface area contributed by atoms with Crippen LogP contribution in [0.4, 0.5) is 0 Å². The third kappa shape index (κ3) is 9.59. The normalized spacial score (nSPS) is 13.7. The first-order chi connectivity index (χ1) is 8.23. The van der Waals surface area contributed by atoms with Crippen LogP contribution in [0.25, 0.3) is 0 Å². The quantitative estimate of drug-likeness (QED) is 0.404. The minimum Gasteiger partial charge on any atom is -0.481 e. The summed E-state index contributed by atoms with van der Waals surface area (Å²) in [4.78, 5) is 31.9. The highest BCUT2D eigenvalue weighted by molar-refractivity contribution is 5.71. The lowest BCUT2D eigenvalue weighted by atomic mass is 9.93. The van der Waals surface area contributed by atoms with Crippen molar-refractivity contribution in [2.24, 2.45) is 5.73 Å². The molecule has 0 saturated heterocycles. The van der Waals surface area contributed by atoms with E-state index >= 15 is 0 Å². The molecule has 0 aromatic heterocycles. The van der Waals surface area contributed by atoms with Crippen LogP contribution in [0.1, 0.15) is 39.0 Å². The van der Waals surface area contributed by atoms with Crippen molar-refractivity contribution in [2.75, 3.05) is 6.61 Å². The highest BCUT2D eigenvalue weighted by atomic mass is 16.5. The molecule has 0 saturated carbocycles. The van der Waals surface area contributed by atoms with Crippen LogP contribution in [0.2, 0.25) is 0 Å². The zero-order valence-electron chi connectivity index (χ0n) is 10.3. The molecule has 18 heavy (non-hydrogen) atoms. The van der Waals surface area contributed by atoms with Crippen LogP contribution in [0.3, 0.4) is 0 Å². The van der Waals surface area contributed by atoms with Crippen molar-refractivity contribution in [3.8, 4) is 0 Å². The Morgan fingerprint density at radius 2 is 1.78 bits per heavy atom. The van der Waals surface area contributed by atoms with Crippen LogP contribution in [0.15, 0.2) is 0 Å². The van der Waals surface area contributed by atoms with E-state index in [1.54, 1.807) is 6.92 Å². The summed E-state index contributed by atoms with van der Waals surface area (Å²) in [7, 11) is 0. The van der Waals surface area contributed by atoms with Gasteiger partial charge in [0.25, 0.3) is 0 Å². The number of aliphatic carboxylic acids is 2. The monoisotopic (exact) mass is 261 g/mol. The van der Waals surface area contributed by atoms with Gasteiger partial charge in [-0.1, -0.05) is 0 Å². The zero-order chi connectivity index (χ0) is 14.2. The topological polar surface area (TPSA) is 127 Å². The second-order valence-corrected chi connectivity index (χ2v) is 4.44. The highest BCUT2D eigenvalue weighted by Crippen LogP contribution is 2.14. The van der Waals surface area contributed by atoms with Crippen molar-refractivity contribution in [1.82, 2.24) is 0 Å². The molecule has 0 aromatic carbocycles. The van der Waals surface area contributed by atoms with E-state index < -0.39 is 23.4 Å². The molecule has 1 atom stereocenters. The molecule has 104 valence electrons. The van der Waals surface area contributed by atoms with Gasteiger partial charge in [-0.15, -0.1) is 0 Å². The fraction of sp³-hybridized carbons (Fsp3) is 0.727. The largest absolute Gasteiger partial charge is 0.481 e. The number of esters is 1. The smallest absolute Gasteiger partial charge is 0.305 e. The van der Waals surface area contributed by atoms with Crippen LogP contribution in [-0.2, 0) is 19.1 Å². The summed E-state index contributed by atoms with van der Waals surface area (Å²) < 4.78 is 4.79. The predicted molar refractivity (Wildman–Crippen MR) is 61.9 cm³/mol. The van der Waals surface area contributed by atoms with Gasteiger partial charge in [0, 0.05) is 18.4 Å². The Morgan fingerprint density at radius 1 is 1.17 bits per heavy atom. The minimum atomic E-state index is -1.02. The molecule has 0 fully saturated rings. The van der Waals surface area contributed by atoms with E-state index in [1.807, 2.05) is 0 Å². The van der Waals surface area contributed by atoms with Gasteiger partial charge < -0.3 is 20.7 Å². The fourth-order valence-corrected chi connectivity index (χ4v) is 1.30. The Bertz CT molecular complexity index is 313. The molecule has 0 aromatic rings. The number of nitrogens with two attached hydrogens (primary N) is 1. The molecule has 0 aliphatic heterocycles. The van der Waals surface area contributed by atoms with Gasteiger partial charge in [0.05, 0.1) is 13.0 Å². The van der Waals surface area contributed by atoms with Crippen LogP contribution in [-0.4, -0.2) is 40.3 Å². The van der Waals surface area contributed by atoms with E-state index in [0.29, 0.717) is 0 Å². The molecule has 0 rings (SSSR count). The zero-order valence-corrected chi connectivity index (χ0v) is 10.3. The SMILES string of the molecule is CC(N)(CCC(=O)OCCCC(=O)O)CC(=O)O. The lowest BCUT2D eigenvalue weighted by molar-refractivity contribution is -0.146. The van der Waals surface area contributed by atoms with Crippen LogP contribution < -0.4 is 5.73 Å². The van der Waals surface area contributed by atoms with Crippen molar-refractivity contribution < 1.29 is 29.3 Å². The van der Waals surface area contributed by atoms with E-state index in [4.69, 9.17) is 20.7 Å². The average Bonchev–Trinajstić information content (AvgIpc) is 2.19. The Balaban J connectivity index is 3.76. The van der Waals surface area contributed by atoms with Gasteiger partial charge in [-0.2, -0.15) is 0 Å². The summed E-state index contributed by atoms with van der Waals surface area (Å²) in [5.74, 6) is -2.46. The summed E-state index contributed by atoms with van der Waals surface area (Å²) in [6.45, 7) is 1.60. The summed E-state index contributed by atoms with van der Waals surface area (Å²) in [6.07, 6.45) is 0.209. The van der Waals surface area contributed by atoms with Gasteiger partial charge in [0.1, 0.15) is 0 Å². The summed E-state index contributed by atoms with van der Waals surface area (Å²) >= 11 is 0. The Kier molecular flexibility index (Phi) is 6.96. The minimum absolute atomic E-state index is 0.0212. The molecule has 0 spiro atoms. The second kappa shape index (κ2) is 7.65. The molecule has 1 unspecified atom stereocenters. The molecule has 4 N–H and O–H groups in total. The van der Waals surface area contributed by atoms with E-state index in [0.717, 1.165) is 0 Å². The molecular weight excluding hydrogens is 242 g/mol. The Labute approximate surface area is 105 Å². The number of ether oxygens (including phenoxy) is 1. The number of hydrogen-bond donors (Lipinski definition) is 3. The van der Waals surface area contributed by atoms with Gasteiger partial charge in [0.15, 0.2) is 0 Å². The number of carbonyl (C=O) groups excluding carboxylic acids is 1. The van der Waals surface area contributed by atoms with Gasteiger partial charge >= 0.3 is 17.9 Å². The lowest BCUT2D eigenvalue weighted by Gasteiger charge is -2.21. The predicted octanol–water partition coefficient (Wildman–Crippen LogP) is 0.367. The summed E-state index contributed by atoms with van der Waals surface area (Å²) in [6, 6.07) is 0. The maximum Gasteiger partial charge on any atom is 0.305 e. The first-order valence-electron chi connectivity index (χ1n) is 5.61. The van der Waals surface area contributed by atoms with E-state index in [9.17, 15) is 14.4 Å². The fourth-order valence-electron chi connectivity index (χ4n) is 1.30. The molecule has 0 bridgehead atoms. The number of hydrogen-bond acceptors (Lipinski definition) is 5. The van der Waals surface area contributed by atoms with E-state index in [2.05, 4.69) is 0 Å². The molecule has 0 radical (unpaired) electrons. The third-order valence-corrected chi connectivity index (χ3v) is 2.25. The first-order valence-corrected chi connectivity index (χ1v) is 5.61. The molecular formula is C11H19NO6. The van der Waals surface area contributed by atoms with Crippen LogP contribution in [0.5, 0.6) is 0 Å². The molecule has 7 heteroatoms. The van der Waals surface area contributed by atoms with Crippen molar-refractivity contribution in [2.45, 2.75) is 44.6 Å². The number of carboxylic acid groups (broad SMARTS) is 2. The van der Waals surface area contributed by atoms with E-state index in [-0.39, 0.29) is 38.7 Å². The number of rotatable bonds is 9. The molecule has 7 nitrogen and oxygen atoms in total. The molecule has 0 aliphatic carbocycles. The Hall–Kier alpha value is -1.63. The van der Waals surface area contributed by atoms with Crippen molar-refractivity contribution in [3.63, 3.8) is 0 Å². The van der Waals surface area contributed by atoms with Crippen molar-refractivity contribution in [1.29, 1.82) is 0 Å². The maximum absolute atomic E-state index is 11.2. The van der Waals surface area contributed by atoms with Gasteiger partial charge in [-0.05, 0) is 19.8 Å². The summed E-state index contributed by atoms with van der Waals surface area (Å²) in [5.41, 5.74) is 4.74. The molecule has 0 amide bonds. The standard InChI is InChI=1S/C11H19NO6/c1-11(12,7-9(15)16)5-4-10(17)18-6-2-3-8(13)14/h2-7,12H2,1H3,(H,13,14)(H,15,16). The van der Waals surface area contributed by atoms with Crippen molar-refractivity contribution >= 4 is 17.9 Å². The van der Waals surface area contributed by atoms with E-state index in [1.165, 1.54) is 0 Å². The van der Waals surface area contributed by atoms with Crippen molar-refractivity contribution in [3.05, 3.63) is 0 Å². The first kappa shape index (κ1) is 16.4. The van der Waals surface area contributed by atoms with Gasteiger partial charge in [0.2, 0.25) is 0 Å². The van der Waals surface area contributed by atoms with Crippen LogP contribution >= 0.6 is 0 Å². The van der Waals surface area contributed by atoms with Gasteiger partial charge in [-0.3, -0.25) is 14.4 Å². The third-order valence-electron chi connectivity index (χ3n) is 2.25. The maximum atomic E-state index is 11.2. The average molecular weight is 261 g/mol. The summed E-state index contributed by atoms with van der Waals surface area (Å²) in [5, 5.41) is 16.9. The highest BCUT2D eigenvalue weighted by Gasteiger charge is 2.23. The second-order valence-electron chi connectivity index (χ2n) is 4.44.